The van der Waals surface area contributed by atoms with E-state index in [2.05, 4.69) is 4.98 Å². The molecule has 3 aromatic rings. The maximum atomic E-state index is 13.3. The standard InChI is InChI=1S/C21H23ClN6O3S2/c1-25(19-5-4-17(22)33-19)18-11-14(24-28(18)20(29)15-12-32-13-23-15)16-3-2-6-27(16)21(30)26-7-9-31-10-8-26/h4-5,11-13,16H,2-3,6-10H2,1H3. The van der Waals surface area contributed by atoms with Gasteiger partial charge in [-0.25, -0.2) is 9.78 Å². The van der Waals surface area contributed by atoms with Gasteiger partial charge in [-0.1, -0.05) is 11.6 Å². The van der Waals surface area contributed by atoms with E-state index in [4.69, 9.17) is 21.4 Å². The molecule has 2 fully saturated rings. The number of amides is 2. The molecule has 0 saturated carbocycles. The summed E-state index contributed by atoms with van der Waals surface area (Å²) in [5.74, 6) is 0.295. The number of morpholine rings is 1. The molecule has 2 aliphatic rings. The van der Waals surface area contributed by atoms with Crippen molar-refractivity contribution in [1.82, 2.24) is 24.6 Å². The molecule has 33 heavy (non-hydrogen) atoms. The van der Waals surface area contributed by atoms with Gasteiger partial charge < -0.3 is 19.4 Å². The Morgan fingerprint density at radius 3 is 2.76 bits per heavy atom. The second-order valence-electron chi connectivity index (χ2n) is 7.89. The van der Waals surface area contributed by atoms with Crippen LogP contribution >= 0.6 is 34.3 Å². The summed E-state index contributed by atoms with van der Waals surface area (Å²) < 4.78 is 7.43. The lowest BCUT2D eigenvalue weighted by atomic mass is 10.1. The first-order chi connectivity index (χ1) is 16.0. The number of hydrogen-bond acceptors (Lipinski definition) is 8. The highest BCUT2D eigenvalue weighted by Crippen LogP contribution is 2.37. The number of nitrogens with zero attached hydrogens (tertiary/aromatic N) is 6. The fraction of sp³-hybridized carbons (Fsp3) is 0.429. The fourth-order valence-electron chi connectivity index (χ4n) is 4.20. The number of urea groups is 1. The van der Waals surface area contributed by atoms with Crippen molar-refractivity contribution in [1.29, 1.82) is 0 Å². The average Bonchev–Trinajstić information content (AvgIpc) is 3.64. The van der Waals surface area contributed by atoms with Crippen LogP contribution in [0.3, 0.4) is 0 Å². The summed E-state index contributed by atoms with van der Waals surface area (Å²) in [6, 6.07) is 5.43. The Kier molecular flexibility index (Phi) is 6.37. The molecule has 0 spiro atoms. The SMILES string of the molecule is CN(c1ccc(Cl)s1)c1cc(C2CCCN2C(=O)N2CCOCC2)nn1C(=O)c1cscn1. The predicted molar refractivity (Wildman–Crippen MR) is 128 cm³/mol. The van der Waals surface area contributed by atoms with Crippen LogP contribution < -0.4 is 4.90 Å². The van der Waals surface area contributed by atoms with E-state index >= 15 is 0 Å². The molecular weight excluding hydrogens is 484 g/mol. The van der Waals surface area contributed by atoms with Gasteiger partial charge in [0, 0.05) is 38.1 Å². The van der Waals surface area contributed by atoms with E-state index in [1.165, 1.54) is 27.4 Å². The van der Waals surface area contributed by atoms with Gasteiger partial charge in [0.1, 0.15) is 11.5 Å². The largest absolute Gasteiger partial charge is 0.378 e. The van der Waals surface area contributed by atoms with E-state index in [-0.39, 0.29) is 18.0 Å². The molecule has 0 aliphatic carbocycles. The average molecular weight is 507 g/mol. The quantitative estimate of drug-likeness (QED) is 0.529. The molecule has 12 heteroatoms. The topological polar surface area (TPSA) is 83.8 Å². The lowest BCUT2D eigenvalue weighted by Crippen LogP contribution is -2.47. The van der Waals surface area contributed by atoms with Gasteiger partial charge >= 0.3 is 6.03 Å². The van der Waals surface area contributed by atoms with Crippen LogP contribution in [0, 0.1) is 0 Å². The first-order valence-corrected chi connectivity index (χ1v) is 12.8. The summed E-state index contributed by atoms with van der Waals surface area (Å²) in [6.07, 6.45) is 1.69. The Morgan fingerprint density at radius 1 is 1.24 bits per heavy atom. The second kappa shape index (κ2) is 9.41. The number of thiazole rings is 1. The van der Waals surface area contributed by atoms with Crippen molar-refractivity contribution in [3.63, 3.8) is 0 Å². The molecule has 2 aliphatic heterocycles. The van der Waals surface area contributed by atoms with Crippen molar-refractivity contribution in [3.05, 3.63) is 44.8 Å². The van der Waals surface area contributed by atoms with E-state index in [0.717, 1.165) is 17.8 Å². The third-order valence-electron chi connectivity index (χ3n) is 5.91. The minimum atomic E-state index is -0.309. The third kappa shape index (κ3) is 4.37. The second-order valence-corrected chi connectivity index (χ2v) is 10.3. The van der Waals surface area contributed by atoms with Crippen LogP contribution in [-0.4, -0.2) is 76.4 Å². The normalized spacial score (nSPS) is 18.7. The third-order valence-corrected chi connectivity index (χ3v) is 7.80. The van der Waals surface area contributed by atoms with E-state index in [0.29, 0.717) is 54.4 Å². The minimum absolute atomic E-state index is 0.00104. The van der Waals surface area contributed by atoms with E-state index in [9.17, 15) is 9.59 Å². The fourth-order valence-corrected chi connectivity index (χ4v) is 5.73. The zero-order chi connectivity index (χ0) is 22.9. The summed E-state index contributed by atoms with van der Waals surface area (Å²) in [4.78, 5) is 36.2. The van der Waals surface area contributed by atoms with Gasteiger partial charge in [-0.05, 0) is 25.0 Å². The molecule has 0 radical (unpaired) electrons. The lowest BCUT2D eigenvalue weighted by Gasteiger charge is -2.33. The molecule has 1 unspecified atom stereocenters. The van der Waals surface area contributed by atoms with Gasteiger partial charge in [-0.15, -0.1) is 22.7 Å². The molecule has 174 valence electrons. The van der Waals surface area contributed by atoms with Crippen LogP contribution in [0.15, 0.2) is 29.1 Å². The van der Waals surface area contributed by atoms with Crippen LogP contribution in [0.5, 0.6) is 0 Å². The number of rotatable bonds is 4. The van der Waals surface area contributed by atoms with Gasteiger partial charge in [-0.2, -0.15) is 9.78 Å². The zero-order valence-corrected chi connectivity index (χ0v) is 20.4. The van der Waals surface area contributed by atoms with Gasteiger partial charge in [0.2, 0.25) is 0 Å². The van der Waals surface area contributed by atoms with Crippen LogP contribution in [0.4, 0.5) is 15.6 Å². The van der Waals surface area contributed by atoms with Crippen molar-refractivity contribution < 1.29 is 14.3 Å². The molecule has 5 rings (SSSR count). The highest BCUT2D eigenvalue weighted by Gasteiger charge is 2.36. The molecule has 0 bridgehead atoms. The lowest BCUT2D eigenvalue weighted by molar-refractivity contribution is 0.0420. The van der Waals surface area contributed by atoms with Crippen molar-refractivity contribution >= 4 is 57.0 Å². The molecule has 1 atom stereocenters. The van der Waals surface area contributed by atoms with Gasteiger partial charge in [0.15, 0.2) is 0 Å². The summed E-state index contributed by atoms with van der Waals surface area (Å²) in [5, 5.41) is 7.29. The molecule has 9 nitrogen and oxygen atoms in total. The van der Waals surface area contributed by atoms with Gasteiger partial charge in [-0.3, -0.25) is 4.79 Å². The Morgan fingerprint density at radius 2 is 2.06 bits per heavy atom. The molecule has 3 aromatic heterocycles. The number of likely N-dealkylation sites (tertiary alicyclic amines) is 1. The number of hydrogen-bond donors (Lipinski definition) is 0. The van der Waals surface area contributed by atoms with Crippen molar-refractivity contribution in [3.8, 4) is 0 Å². The zero-order valence-electron chi connectivity index (χ0n) is 18.0. The highest BCUT2D eigenvalue weighted by molar-refractivity contribution is 7.20. The van der Waals surface area contributed by atoms with E-state index in [1.54, 1.807) is 10.9 Å². The number of halogens is 1. The molecule has 0 N–H and O–H groups in total. The van der Waals surface area contributed by atoms with E-state index < -0.39 is 0 Å². The number of carbonyl (C=O) groups is 2. The number of carbonyl (C=O) groups excluding carboxylic acids is 2. The number of anilines is 2. The van der Waals surface area contributed by atoms with Crippen LogP contribution in [0.25, 0.3) is 0 Å². The van der Waals surface area contributed by atoms with Crippen LogP contribution in [-0.2, 0) is 4.74 Å². The Bertz CT molecular complexity index is 1140. The first-order valence-electron chi connectivity index (χ1n) is 10.7. The molecular formula is C21H23ClN6O3S2. The Balaban J connectivity index is 1.49. The smallest absolute Gasteiger partial charge is 0.320 e. The van der Waals surface area contributed by atoms with Crippen molar-refractivity contribution in [2.75, 3.05) is 44.8 Å². The van der Waals surface area contributed by atoms with Crippen molar-refractivity contribution in [2.45, 2.75) is 18.9 Å². The Labute approximate surface area is 204 Å². The molecule has 0 aromatic carbocycles. The summed E-state index contributed by atoms with van der Waals surface area (Å²) in [5.41, 5.74) is 2.66. The number of thiophene rings is 1. The Hall–Kier alpha value is -2.47. The first kappa shape index (κ1) is 22.3. The monoisotopic (exact) mass is 506 g/mol. The van der Waals surface area contributed by atoms with Gasteiger partial charge in [0.25, 0.3) is 5.91 Å². The predicted octanol–water partition coefficient (Wildman–Crippen LogP) is 4.10. The van der Waals surface area contributed by atoms with E-state index in [1.807, 2.05) is 39.9 Å². The van der Waals surface area contributed by atoms with Crippen LogP contribution in [0.1, 0.15) is 35.1 Å². The van der Waals surface area contributed by atoms with Gasteiger partial charge in [0.05, 0.1) is 39.8 Å². The van der Waals surface area contributed by atoms with Crippen LogP contribution in [0.2, 0.25) is 4.34 Å². The molecule has 2 saturated heterocycles. The van der Waals surface area contributed by atoms with Crippen molar-refractivity contribution in [2.24, 2.45) is 0 Å². The minimum Gasteiger partial charge on any atom is -0.378 e. The maximum Gasteiger partial charge on any atom is 0.320 e. The number of aromatic nitrogens is 3. The summed E-state index contributed by atoms with van der Waals surface area (Å²) >= 11 is 8.92. The number of ether oxygens (including phenoxy) is 1. The maximum absolute atomic E-state index is 13.3. The summed E-state index contributed by atoms with van der Waals surface area (Å²) in [6.45, 7) is 2.95. The highest BCUT2D eigenvalue weighted by atomic mass is 35.5. The molecule has 2 amide bonds. The molecule has 5 heterocycles. The summed E-state index contributed by atoms with van der Waals surface area (Å²) in [7, 11) is 1.87.